The molecule has 0 bridgehead atoms. The fourth-order valence-electron chi connectivity index (χ4n) is 2.04. The molecular formula is C12H25NO2. The van der Waals surface area contributed by atoms with Crippen LogP contribution in [0.2, 0.25) is 0 Å². The van der Waals surface area contributed by atoms with Gasteiger partial charge in [0, 0.05) is 24.6 Å². The first-order chi connectivity index (χ1) is 6.79. The van der Waals surface area contributed by atoms with E-state index < -0.39 is 0 Å². The molecular weight excluding hydrogens is 190 g/mol. The van der Waals surface area contributed by atoms with E-state index in [2.05, 4.69) is 33.0 Å². The lowest BCUT2D eigenvalue weighted by Crippen LogP contribution is -2.61. The molecule has 1 saturated carbocycles. The van der Waals surface area contributed by atoms with Crippen molar-refractivity contribution in [1.82, 2.24) is 5.32 Å². The third kappa shape index (κ3) is 2.92. The number of nitrogens with one attached hydrogen (secondary N) is 1. The highest BCUT2D eigenvalue weighted by molar-refractivity contribution is 5.02. The molecule has 2 atom stereocenters. The van der Waals surface area contributed by atoms with Crippen molar-refractivity contribution in [3.63, 3.8) is 0 Å². The molecule has 0 aromatic rings. The summed E-state index contributed by atoms with van der Waals surface area (Å²) in [5.74, 6) is 0. The van der Waals surface area contributed by atoms with E-state index >= 15 is 0 Å². The van der Waals surface area contributed by atoms with Crippen LogP contribution in [0.15, 0.2) is 0 Å². The second kappa shape index (κ2) is 4.40. The largest absolute Gasteiger partial charge is 0.396 e. The second-order valence-electron chi connectivity index (χ2n) is 6.14. The highest BCUT2D eigenvalue weighted by Gasteiger charge is 2.47. The average molecular weight is 215 g/mol. The summed E-state index contributed by atoms with van der Waals surface area (Å²) in [7, 11) is 0. The van der Waals surface area contributed by atoms with Gasteiger partial charge in [0.1, 0.15) is 0 Å². The lowest BCUT2D eigenvalue weighted by Gasteiger charge is -2.50. The first-order valence-electron chi connectivity index (χ1n) is 5.82. The van der Waals surface area contributed by atoms with Gasteiger partial charge in [0.2, 0.25) is 0 Å². The summed E-state index contributed by atoms with van der Waals surface area (Å²) in [4.78, 5) is 0. The topological polar surface area (TPSA) is 52.5 Å². The molecule has 0 saturated heterocycles. The minimum absolute atomic E-state index is 0.00467. The van der Waals surface area contributed by atoms with Crippen molar-refractivity contribution in [3.05, 3.63) is 0 Å². The Kier molecular flexibility index (Phi) is 3.80. The maximum atomic E-state index is 9.60. The van der Waals surface area contributed by atoms with Crippen LogP contribution in [0.3, 0.4) is 0 Å². The lowest BCUT2D eigenvalue weighted by atomic mass is 9.64. The summed E-state index contributed by atoms with van der Waals surface area (Å²) >= 11 is 0. The van der Waals surface area contributed by atoms with Crippen LogP contribution in [0, 0.1) is 10.8 Å². The Balaban J connectivity index is 2.33. The van der Waals surface area contributed by atoms with Crippen LogP contribution in [-0.4, -0.2) is 35.5 Å². The van der Waals surface area contributed by atoms with Gasteiger partial charge >= 0.3 is 0 Å². The van der Waals surface area contributed by atoms with Gasteiger partial charge in [0.05, 0.1) is 6.10 Å². The molecule has 1 rings (SSSR count). The van der Waals surface area contributed by atoms with Crippen LogP contribution in [0.4, 0.5) is 0 Å². The monoisotopic (exact) mass is 215 g/mol. The van der Waals surface area contributed by atoms with Crippen molar-refractivity contribution in [2.75, 3.05) is 13.2 Å². The molecule has 3 heteroatoms. The summed E-state index contributed by atoms with van der Waals surface area (Å²) in [6.07, 6.45) is 1.49. The summed E-state index contributed by atoms with van der Waals surface area (Å²) in [6.45, 7) is 9.63. The molecule has 0 radical (unpaired) electrons. The highest BCUT2D eigenvalue weighted by atomic mass is 16.3. The molecule has 90 valence electrons. The molecule has 0 spiro atoms. The molecule has 0 aromatic carbocycles. The van der Waals surface area contributed by atoms with E-state index in [1.165, 1.54) is 0 Å². The van der Waals surface area contributed by atoms with Crippen molar-refractivity contribution in [1.29, 1.82) is 0 Å². The molecule has 0 aromatic heterocycles. The van der Waals surface area contributed by atoms with Gasteiger partial charge in [-0.15, -0.1) is 0 Å². The van der Waals surface area contributed by atoms with Gasteiger partial charge in [-0.1, -0.05) is 27.7 Å². The summed E-state index contributed by atoms with van der Waals surface area (Å²) in [5.41, 5.74) is 0.126. The third-order valence-corrected chi connectivity index (χ3v) is 3.83. The van der Waals surface area contributed by atoms with Gasteiger partial charge < -0.3 is 15.5 Å². The van der Waals surface area contributed by atoms with E-state index in [0.29, 0.717) is 6.04 Å². The molecule has 0 aliphatic heterocycles. The molecule has 3 N–H and O–H groups in total. The van der Waals surface area contributed by atoms with Crippen molar-refractivity contribution in [2.45, 2.75) is 52.7 Å². The van der Waals surface area contributed by atoms with Crippen molar-refractivity contribution < 1.29 is 10.2 Å². The smallest absolute Gasteiger partial charge is 0.0621 e. The fraction of sp³-hybridized carbons (Fsp3) is 1.00. The highest BCUT2D eigenvalue weighted by Crippen LogP contribution is 2.40. The lowest BCUT2D eigenvalue weighted by molar-refractivity contribution is -0.0749. The SMILES string of the molecule is CC(C)(CCO)CNC1CC(O)C1(C)C. The molecule has 0 heterocycles. The normalized spacial score (nSPS) is 30.0. The standard InChI is InChI=1S/C12H25NO2/c1-11(2,5-6-14)8-13-9-7-10(15)12(9,3)4/h9-10,13-15H,5-8H2,1-4H3. The van der Waals surface area contributed by atoms with Crippen LogP contribution in [0.25, 0.3) is 0 Å². The Hall–Kier alpha value is -0.120. The summed E-state index contributed by atoms with van der Waals surface area (Å²) in [5, 5.41) is 22.0. The minimum atomic E-state index is -0.170. The number of aliphatic hydroxyl groups is 2. The molecule has 1 aliphatic rings. The van der Waals surface area contributed by atoms with Gasteiger partial charge in [-0.25, -0.2) is 0 Å². The minimum Gasteiger partial charge on any atom is -0.396 e. The Morgan fingerprint density at radius 3 is 2.40 bits per heavy atom. The molecule has 1 fully saturated rings. The fourth-order valence-corrected chi connectivity index (χ4v) is 2.04. The summed E-state index contributed by atoms with van der Waals surface area (Å²) in [6, 6.07) is 0.408. The Morgan fingerprint density at radius 2 is 2.00 bits per heavy atom. The van der Waals surface area contributed by atoms with E-state index in [4.69, 9.17) is 5.11 Å². The molecule has 0 amide bonds. The Morgan fingerprint density at radius 1 is 1.40 bits per heavy atom. The zero-order valence-electron chi connectivity index (χ0n) is 10.4. The zero-order valence-corrected chi connectivity index (χ0v) is 10.4. The number of aliphatic hydroxyl groups excluding tert-OH is 2. The molecule has 2 unspecified atom stereocenters. The number of hydrogen-bond acceptors (Lipinski definition) is 3. The van der Waals surface area contributed by atoms with Gasteiger partial charge in [0.15, 0.2) is 0 Å². The average Bonchev–Trinajstić information content (AvgIpc) is 2.11. The van der Waals surface area contributed by atoms with E-state index in [0.717, 1.165) is 19.4 Å². The molecule has 3 nitrogen and oxygen atoms in total. The molecule has 1 aliphatic carbocycles. The van der Waals surface area contributed by atoms with Crippen molar-refractivity contribution in [2.24, 2.45) is 10.8 Å². The van der Waals surface area contributed by atoms with Gasteiger partial charge in [-0.05, 0) is 18.3 Å². The van der Waals surface area contributed by atoms with Crippen LogP contribution in [-0.2, 0) is 0 Å². The van der Waals surface area contributed by atoms with E-state index in [-0.39, 0.29) is 23.5 Å². The van der Waals surface area contributed by atoms with Crippen molar-refractivity contribution >= 4 is 0 Å². The van der Waals surface area contributed by atoms with E-state index in [9.17, 15) is 5.11 Å². The maximum Gasteiger partial charge on any atom is 0.0621 e. The zero-order chi connectivity index (χ0) is 11.7. The van der Waals surface area contributed by atoms with Crippen LogP contribution in [0.5, 0.6) is 0 Å². The molecule has 15 heavy (non-hydrogen) atoms. The summed E-state index contributed by atoms with van der Waals surface area (Å²) < 4.78 is 0. The Bertz CT molecular complexity index is 214. The van der Waals surface area contributed by atoms with E-state index in [1.807, 2.05) is 0 Å². The van der Waals surface area contributed by atoms with E-state index in [1.54, 1.807) is 0 Å². The van der Waals surface area contributed by atoms with Gasteiger partial charge in [-0.2, -0.15) is 0 Å². The first-order valence-corrected chi connectivity index (χ1v) is 5.82. The van der Waals surface area contributed by atoms with Crippen LogP contribution < -0.4 is 5.32 Å². The van der Waals surface area contributed by atoms with Crippen LogP contribution >= 0.6 is 0 Å². The first kappa shape index (κ1) is 12.9. The second-order valence-corrected chi connectivity index (χ2v) is 6.14. The predicted molar refractivity (Wildman–Crippen MR) is 61.7 cm³/mol. The quantitative estimate of drug-likeness (QED) is 0.645. The third-order valence-electron chi connectivity index (χ3n) is 3.83. The van der Waals surface area contributed by atoms with Gasteiger partial charge in [-0.3, -0.25) is 0 Å². The number of rotatable bonds is 5. The van der Waals surface area contributed by atoms with Crippen molar-refractivity contribution in [3.8, 4) is 0 Å². The Labute approximate surface area is 92.9 Å². The number of hydrogen-bond donors (Lipinski definition) is 3. The predicted octanol–water partition coefficient (Wildman–Crippen LogP) is 1.14. The maximum absolute atomic E-state index is 9.60. The van der Waals surface area contributed by atoms with Gasteiger partial charge in [0.25, 0.3) is 0 Å². The van der Waals surface area contributed by atoms with Crippen LogP contribution in [0.1, 0.15) is 40.5 Å².